The van der Waals surface area contributed by atoms with E-state index in [9.17, 15) is 4.79 Å². The molecule has 116 valence electrons. The third-order valence-corrected chi connectivity index (χ3v) is 5.07. The largest absolute Gasteiger partial charge is 0.325 e. The highest BCUT2D eigenvalue weighted by Crippen LogP contribution is 2.24. The molecule has 0 radical (unpaired) electrons. The summed E-state index contributed by atoms with van der Waals surface area (Å²) in [4.78, 5) is 17.2. The molecule has 2 rings (SSSR count). The maximum absolute atomic E-state index is 12.7. The summed E-state index contributed by atoms with van der Waals surface area (Å²) in [6.07, 6.45) is 4.83. The van der Waals surface area contributed by atoms with Crippen LogP contribution in [0.15, 0.2) is 0 Å². The number of hydrogen-bond acceptors (Lipinski definition) is 3. The highest BCUT2D eigenvalue weighted by atomic mass is 16.2. The Labute approximate surface area is 123 Å². The molecule has 2 fully saturated rings. The van der Waals surface area contributed by atoms with E-state index in [0.717, 1.165) is 25.9 Å². The van der Waals surface area contributed by atoms with Crippen molar-refractivity contribution in [3.8, 4) is 0 Å². The Kier molecular flexibility index (Phi) is 5.44. The zero-order chi connectivity index (χ0) is 14.7. The SMILES string of the molecule is CCC(C)C1NC(CC)N(CC2CCCN(C)C2)C1=O. The fourth-order valence-electron chi connectivity index (χ4n) is 3.60. The second-order valence-corrected chi connectivity index (χ2v) is 6.72. The van der Waals surface area contributed by atoms with Gasteiger partial charge in [-0.05, 0) is 44.7 Å². The van der Waals surface area contributed by atoms with E-state index in [1.54, 1.807) is 0 Å². The summed E-state index contributed by atoms with van der Waals surface area (Å²) >= 11 is 0. The topological polar surface area (TPSA) is 35.6 Å². The van der Waals surface area contributed by atoms with Crippen LogP contribution in [0, 0.1) is 11.8 Å². The normalized spacial score (nSPS) is 33.7. The van der Waals surface area contributed by atoms with Gasteiger partial charge in [0.05, 0.1) is 12.2 Å². The molecule has 0 aromatic heterocycles. The van der Waals surface area contributed by atoms with Gasteiger partial charge in [0.2, 0.25) is 5.91 Å². The molecule has 0 aromatic carbocycles. The van der Waals surface area contributed by atoms with E-state index in [1.807, 2.05) is 0 Å². The Bertz CT molecular complexity index is 334. The van der Waals surface area contributed by atoms with Gasteiger partial charge in [0, 0.05) is 13.1 Å². The van der Waals surface area contributed by atoms with Crippen molar-refractivity contribution >= 4 is 5.91 Å². The summed E-state index contributed by atoms with van der Waals surface area (Å²) in [5.41, 5.74) is 0. The molecule has 0 aromatic rings. The summed E-state index contributed by atoms with van der Waals surface area (Å²) in [6.45, 7) is 9.79. The summed E-state index contributed by atoms with van der Waals surface area (Å²) in [7, 11) is 2.19. The van der Waals surface area contributed by atoms with Crippen LogP contribution < -0.4 is 5.32 Å². The number of rotatable bonds is 5. The average Bonchev–Trinajstić information content (AvgIpc) is 2.75. The Morgan fingerprint density at radius 2 is 2.15 bits per heavy atom. The number of carbonyl (C=O) groups excluding carboxylic acids is 1. The molecule has 0 spiro atoms. The zero-order valence-electron chi connectivity index (χ0n) is 13.6. The van der Waals surface area contributed by atoms with E-state index < -0.39 is 0 Å². The van der Waals surface area contributed by atoms with Crippen molar-refractivity contribution in [2.24, 2.45) is 11.8 Å². The summed E-state index contributed by atoms with van der Waals surface area (Å²) < 4.78 is 0. The molecule has 4 unspecified atom stereocenters. The highest BCUT2D eigenvalue weighted by Gasteiger charge is 2.40. The van der Waals surface area contributed by atoms with Crippen LogP contribution in [-0.4, -0.2) is 54.6 Å². The van der Waals surface area contributed by atoms with Gasteiger partial charge in [0.15, 0.2) is 0 Å². The van der Waals surface area contributed by atoms with Crippen molar-refractivity contribution in [1.29, 1.82) is 0 Å². The van der Waals surface area contributed by atoms with Crippen molar-refractivity contribution in [2.45, 2.75) is 58.7 Å². The quantitative estimate of drug-likeness (QED) is 0.836. The van der Waals surface area contributed by atoms with Gasteiger partial charge in [-0.1, -0.05) is 27.2 Å². The minimum atomic E-state index is 0.0336. The van der Waals surface area contributed by atoms with Gasteiger partial charge in [0.25, 0.3) is 0 Å². The van der Waals surface area contributed by atoms with Crippen LogP contribution in [0.5, 0.6) is 0 Å². The Hall–Kier alpha value is -0.610. The van der Waals surface area contributed by atoms with E-state index >= 15 is 0 Å². The number of piperidine rings is 1. The monoisotopic (exact) mass is 281 g/mol. The van der Waals surface area contributed by atoms with Gasteiger partial charge in [-0.25, -0.2) is 0 Å². The van der Waals surface area contributed by atoms with Crippen LogP contribution >= 0.6 is 0 Å². The lowest BCUT2D eigenvalue weighted by Crippen LogP contribution is -2.44. The molecule has 2 saturated heterocycles. The molecule has 4 nitrogen and oxygen atoms in total. The molecule has 2 aliphatic rings. The summed E-state index contributed by atoms with van der Waals surface area (Å²) in [5, 5.41) is 3.55. The fraction of sp³-hybridized carbons (Fsp3) is 0.938. The standard InChI is InChI=1S/C16H31N3O/c1-5-12(3)15-16(20)19(14(6-2)17-15)11-13-8-7-9-18(4)10-13/h12-15,17H,5-11H2,1-4H3. The maximum atomic E-state index is 12.7. The van der Waals surface area contributed by atoms with Crippen molar-refractivity contribution in [1.82, 2.24) is 15.1 Å². The summed E-state index contributed by atoms with van der Waals surface area (Å²) in [6, 6.07) is 0.0336. The number of nitrogens with zero attached hydrogens (tertiary/aromatic N) is 2. The minimum Gasteiger partial charge on any atom is -0.325 e. The van der Waals surface area contributed by atoms with Crippen LogP contribution in [0.25, 0.3) is 0 Å². The average molecular weight is 281 g/mol. The van der Waals surface area contributed by atoms with Gasteiger partial charge in [0.1, 0.15) is 0 Å². The fourth-order valence-corrected chi connectivity index (χ4v) is 3.60. The molecule has 2 aliphatic heterocycles. The van der Waals surface area contributed by atoms with Crippen molar-refractivity contribution in [3.63, 3.8) is 0 Å². The number of carbonyl (C=O) groups is 1. The van der Waals surface area contributed by atoms with E-state index in [-0.39, 0.29) is 12.2 Å². The zero-order valence-corrected chi connectivity index (χ0v) is 13.6. The Balaban J connectivity index is 1.99. The number of hydrogen-bond donors (Lipinski definition) is 1. The summed E-state index contributed by atoms with van der Waals surface area (Å²) in [5.74, 6) is 1.40. The number of amides is 1. The van der Waals surface area contributed by atoms with Crippen LogP contribution in [-0.2, 0) is 4.79 Å². The van der Waals surface area contributed by atoms with Crippen LogP contribution in [0.4, 0.5) is 0 Å². The molecule has 4 atom stereocenters. The molecule has 0 saturated carbocycles. The third-order valence-electron chi connectivity index (χ3n) is 5.07. The van der Waals surface area contributed by atoms with Crippen LogP contribution in [0.3, 0.4) is 0 Å². The first-order chi connectivity index (χ1) is 9.56. The first-order valence-corrected chi connectivity index (χ1v) is 8.31. The molecule has 2 heterocycles. The van der Waals surface area contributed by atoms with Gasteiger partial charge in [-0.15, -0.1) is 0 Å². The van der Waals surface area contributed by atoms with E-state index in [0.29, 0.717) is 17.7 Å². The third kappa shape index (κ3) is 3.34. The van der Waals surface area contributed by atoms with Gasteiger partial charge in [-0.2, -0.15) is 0 Å². The molecule has 20 heavy (non-hydrogen) atoms. The van der Waals surface area contributed by atoms with Crippen LogP contribution in [0.2, 0.25) is 0 Å². The minimum absolute atomic E-state index is 0.0336. The van der Waals surface area contributed by atoms with E-state index in [2.05, 4.69) is 42.9 Å². The molecule has 0 aliphatic carbocycles. The van der Waals surface area contributed by atoms with Crippen molar-refractivity contribution in [3.05, 3.63) is 0 Å². The molecular formula is C16H31N3O. The molecule has 1 N–H and O–H groups in total. The Morgan fingerprint density at radius 3 is 2.75 bits per heavy atom. The lowest BCUT2D eigenvalue weighted by Gasteiger charge is -2.34. The molecular weight excluding hydrogens is 250 g/mol. The van der Waals surface area contributed by atoms with E-state index in [4.69, 9.17) is 0 Å². The van der Waals surface area contributed by atoms with Crippen LogP contribution in [0.1, 0.15) is 46.5 Å². The van der Waals surface area contributed by atoms with Gasteiger partial charge < -0.3 is 9.80 Å². The molecule has 1 amide bonds. The van der Waals surface area contributed by atoms with Crippen molar-refractivity contribution < 1.29 is 4.79 Å². The first-order valence-electron chi connectivity index (χ1n) is 8.31. The van der Waals surface area contributed by atoms with E-state index in [1.165, 1.54) is 19.4 Å². The molecule has 4 heteroatoms. The smallest absolute Gasteiger partial charge is 0.241 e. The maximum Gasteiger partial charge on any atom is 0.241 e. The van der Waals surface area contributed by atoms with Gasteiger partial charge >= 0.3 is 0 Å². The predicted octanol–water partition coefficient (Wildman–Crippen LogP) is 1.91. The number of nitrogens with one attached hydrogen (secondary N) is 1. The molecule has 0 bridgehead atoms. The predicted molar refractivity (Wildman–Crippen MR) is 82.4 cm³/mol. The second kappa shape index (κ2) is 6.90. The second-order valence-electron chi connectivity index (χ2n) is 6.72. The number of likely N-dealkylation sites (tertiary alicyclic amines) is 1. The highest BCUT2D eigenvalue weighted by molar-refractivity contribution is 5.84. The lowest BCUT2D eigenvalue weighted by atomic mass is 9.96. The Morgan fingerprint density at radius 1 is 1.40 bits per heavy atom. The first kappa shape index (κ1) is 15.8. The van der Waals surface area contributed by atoms with Gasteiger partial charge in [-0.3, -0.25) is 10.1 Å². The lowest BCUT2D eigenvalue weighted by molar-refractivity contribution is -0.131. The van der Waals surface area contributed by atoms with Crippen molar-refractivity contribution in [2.75, 3.05) is 26.7 Å².